The Labute approximate surface area is 206 Å². The van der Waals surface area contributed by atoms with Gasteiger partial charge in [-0.05, 0) is 57.6 Å². The summed E-state index contributed by atoms with van der Waals surface area (Å²) in [5, 5.41) is 15.7. The van der Waals surface area contributed by atoms with Gasteiger partial charge in [-0.15, -0.1) is 0 Å². The zero-order valence-electron chi connectivity index (χ0n) is 20.5. The van der Waals surface area contributed by atoms with Crippen LogP contribution >= 0.6 is 11.8 Å². The zero-order chi connectivity index (χ0) is 25.9. The summed E-state index contributed by atoms with van der Waals surface area (Å²) in [7, 11) is 0. The van der Waals surface area contributed by atoms with Crippen LogP contribution < -0.4 is 16.3 Å². The highest BCUT2D eigenvalue weighted by atomic mass is 32.2. The third kappa shape index (κ3) is 5.70. The number of thioether (sulfide) groups is 1. The fourth-order valence-electron chi connectivity index (χ4n) is 4.03. The Morgan fingerprint density at radius 1 is 1.03 bits per heavy atom. The van der Waals surface area contributed by atoms with Gasteiger partial charge in [0.2, 0.25) is 11.8 Å². The van der Waals surface area contributed by atoms with Crippen molar-refractivity contribution in [2.24, 2.45) is 0 Å². The number of carboxylic acids is 1. The highest BCUT2D eigenvalue weighted by molar-refractivity contribution is 7.98. The van der Waals surface area contributed by atoms with Gasteiger partial charge in [-0.1, -0.05) is 0 Å². The molecule has 0 aliphatic carbocycles. The molecule has 10 heteroatoms. The predicted octanol–water partition coefficient (Wildman–Crippen LogP) is 3.14. The van der Waals surface area contributed by atoms with E-state index >= 15 is 0 Å². The van der Waals surface area contributed by atoms with Crippen LogP contribution in [0.5, 0.6) is 0 Å². The third-order valence-electron chi connectivity index (χ3n) is 6.13. The molecule has 9 nitrogen and oxygen atoms in total. The number of carbonyl (C=O) groups is 3. The maximum atomic E-state index is 12.8. The molecule has 3 N–H and O–H groups in total. The minimum Gasteiger partial charge on any atom is -0.481 e. The van der Waals surface area contributed by atoms with Crippen LogP contribution in [0, 0.1) is 27.7 Å². The lowest BCUT2D eigenvalue weighted by Gasteiger charge is -2.18. The summed E-state index contributed by atoms with van der Waals surface area (Å²) in [6, 6.07) is 1.11. The molecule has 2 amide bonds. The van der Waals surface area contributed by atoms with Crippen LogP contribution in [0.15, 0.2) is 19.7 Å². The van der Waals surface area contributed by atoms with Crippen LogP contribution in [0.4, 0.5) is 0 Å². The van der Waals surface area contributed by atoms with E-state index in [4.69, 9.17) is 13.9 Å². The van der Waals surface area contributed by atoms with Crippen molar-refractivity contribution in [2.75, 3.05) is 18.6 Å². The van der Waals surface area contributed by atoms with Crippen LogP contribution in [0.25, 0.3) is 21.9 Å². The topological polar surface area (TPSA) is 139 Å². The van der Waals surface area contributed by atoms with E-state index in [-0.39, 0.29) is 24.9 Å². The van der Waals surface area contributed by atoms with E-state index in [2.05, 4.69) is 10.6 Å². The van der Waals surface area contributed by atoms with E-state index in [1.807, 2.05) is 33.1 Å². The molecule has 0 fully saturated rings. The first kappa shape index (κ1) is 26.3. The lowest BCUT2D eigenvalue weighted by Crippen LogP contribution is -2.49. The van der Waals surface area contributed by atoms with Crippen molar-refractivity contribution in [2.45, 2.75) is 53.0 Å². The van der Waals surface area contributed by atoms with Gasteiger partial charge < -0.3 is 24.6 Å². The number of carbonyl (C=O) groups excluding carboxylic acids is 2. The minimum absolute atomic E-state index is 0.0550. The number of aryl methyl sites for hydroxylation is 4. The van der Waals surface area contributed by atoms with Crippen molar-refractivity contribution < 1.29 is 28.3 Å². The van der Waals surface area contributed by atoms with E-state index in [0.717, 1.165) is 27.7 Å². The van der Waals surface area contributed by atoms with Crippen LogP contribution in [-0.4, -0.2) is 47.5 Å². The normalized spacial score (nSPS) is 12.1. The summed E-state index contributed by atoms with van der Waals surface area (Å²) in [6.07, 6.45) is 1.81. The Morgan fingerprint density at radius 3 is 2.34 bits per heavy atom. The van der Waals surface area contributed by atoms with Crippen LogP contribution in [0.3, 0.4) is 0 Å². The summed E-state index contributed by atoms with van der Waals surface area (Å²) in [4.78, 5) is 48.8. The van der Waals surface area contributed by atoms with E-state index in [1.54, 1.807) is 6.92 Å². The van der Waals surface area contributed by atoms with E-state index in [0.29, 0.717) is 28.9 Å². The predicted molar refractivity (Wildman–Crippen MR) is 135 cm³/mol. The highest BCUT2D eigenvalue weighted by Gasteiger charge is 2.23. The number of hydrogen-bond donors (Lipinski definition) is 3. The van der Waals surface area contributed by atoms with Gasteiger partial charge in [0.1, 0.15) is 23.0 Å². The summed E-state index contributed by atoms with van der Waals surface area (Å²) in [6.45, 7) is 7.66. The Kier molecular flexibility index (Phi) is 8.26. The molecule has 0 bridgehead atoms. The number of fused-ring (bicyclic) bond motifs is 2. The van der Waals surface area contributed by atoms with Crippen molar-refractivity contribution in [1.82, 2.24) is 10.6 Å². The van der Waals surface area contributed by atoms with Crippen molar-refractivity contribution in [3.63, 3.8) is 0 Å². The van der Waals surface area contributed by atoms with Gasteiger partial charge in [0.15, 0.2) is 0 Å². The monoisotopic (exact) mass is 502 g/mol. The van der Waals surface area contributed by atoms with Gasteiger partial charge in [0.25, 0.3) is 0 Å². The van der Waals surface area contributed by atoms with Crippen molar-refractivity contribution in [3.05, 3.63) is 44.5 Å². The molecule has 2 heterocycles. The molecule has 0 saturated carbocycles. The molecule has 3 rings (SSSR count). The van der Waals surface area contributed by atoms with E-state index in [9.17, 15) is 19.2 Å². The first-order chi connectivity index (χ1) is 16.5. The van der Waals surface area contributed by atoms with Crippen molar-refractivity contribution >= 4 is 51.5 Å². The molecule has 2 aromatic heterocycles. The lowest BCUT2D eigenvalue weighted by molar-refractivity contribution is -0.137. The van der Waals surface area contributed by atoms with Crippen LogP contribution in [0.1, 0.15) is 40.9 Å². The number of hydrogen-bond acceptors (Lipinski definition) is 7. The summed E-state index contributed by atoms with van der Waals surface area (Å²) >= 11 is 1.39. The summed E-state index contributed by atoms with van der Waals surface area (Å²) in [5.41, 5.74) is 3.11. The fourth-order valence-corrected chi connectivity index (χ4v) is 4.59. The minimum atomic E-state index is -0.938. The molecule has 1 atom stereocenters. The second-order valence-electron chi connectivity index (χ2n) is 8.57. The molecule has 0 radical (unpaired) electrons. The first-order valence-electron chi connectivity index (χ1n) is 11.3. The number of carboxylic acid groups (broad SMARTS) is 1. The quantitative estimate of drug-likeness (QED) is 0.284. The molecule has 1 aromatic carbocycles. The summed E-state index contributed by atoms with van der Waals surface area (Å²) < 4.78 is 11.5. The van der Waals surface area contributed by atoms with E-state index < -0.39 is 29.5 Å². The third-order valence-corrected chi connectivity index (χ3v) is 6.80. The Bertz CT molecular complexity index is 1360. The molecule has 3 aromatic rings. The van der Waals surface area contributed by atoms with Crippen LogP contribution in [0.2, 0.25) is 0 Å². The number of furan rings is 1. The second-order valence-corrected chi connectivity index (χ2v) is 9.48. The number of nitrogens with one attached hydrogen (secondary N) is 2. The fraction of sp³-hybridized carbons (Fsp3) is 0.440. The molecule has 1 unspecified atom stereocenters. The van der Waals surface area contributed by atoms with Gasteiger partial charge >= 0.3 is 11.6 Å². The number of amides is 2. The SMILES string of the molecule is CSCC(NC(=O)Cc1c(C)c2cc3c(C)c(C)oc3c(C)c2oc1=O)C(=O)NCCCC(=O)O. The first-order valence-corrected chi connectivity index (χ1v) is 12.7. The van der Waals surface area contributed by atoms with Gasteiger partial charge in [-0.2, -0.15) is 11.8 Å². The number of rotatable bonds is 10. The summed E-state index contributed by atoms with van der Waals surface area (Å²) in [5.74, 6) is -0.694. The van der Waals surface area contributed by atoms with Gasteiger partial charge in [0.05, 0.1) is 12.0 Å². The van der Waals surface area contributed by atoms with Crippen molar-refractivity contribution in [3.8, 4) is 0 Å². The van der Waals surface area contributed by atoms with Crippen LogP contribution in [-0.2, 0) is 20.8 Å². The van der Waals surface area contributed by atoms with Gasteiger partial charge in [-0.25, -0.2) is 4.79 Å². The average Bonchev–Trinajstić information content (AvgIpc) is 3.08. The molecule has 0 aliphatic heterocycles. The number of benzene rings is 1. The average molecular weight is 503 g/mol. The molecule has 35 heavy (non-hydrogen) atoms. The molecular formula is C25H30N2O7S. The molecule has 188 valence electrons. The Hall–Kier alpha value is -3.27. The lowest BCUT2D eigenvalue weighted by atomic mass is 9.98. The van der Waals surface area contributed by atoms with Gasteiger partial charge in [0, 0.05) is 35.1 Å². The second kappa shape index (κ2) is 11.0. The Morgan fingerprint density at radius 2 is 1.69 bits per heavy atom. The van der Waals surface area contributed by atoms with Crippen molar-refractivity contribution in [1.29, 1.82) is 0 Å². The molecule has 0 saturated heterocycles. The van der Waals surface area contributed by atoms with E-state index in [1.165, 1.54) is 11.8 Å². The molecule has 0 aliphatic rings. The maximum absolute atomic E-state index is 12.8. The maximum Gasteiger partial charge on any atom is 0.340 e. The zero-order valence-corrected chi connectivity index (χ0v) is 21.3. The smallest absolute Gasteiger partial charge is 0.340 e. The van der Waals surface area contributed by atoms with Gasteiger partial charge in [-0.3, -0.25) is 14.4 Å². The molecular weight excluding hydrogens is 472 g/mol. The molecule has 0 spiro atoms. The number of aliphatic carboxylic acids is 1. The Balaban J connectivity index is 1.83. The highest BCUT2D eigenvalue weighted by Crippen LogP contribution is 2.34. The standard InChI is InChI=1S/C25H30N2O7S/c1-12-15(4)33-22-14(3)23-17(9-16(12)22)13(2)18(25(32)34-23)10-20(28)27-19(11-35-5)24(31)26-8-6-7-21(29)30/h9,19H,6-8,10-11H2,1-5H3,(H,26,31)(H,27,28)(H,29,30). The largest absolute Gasteiger partial charge is 0.481 e.